The number of rotatable bonds is 7. The van der Waals surface area contributed by atoms with Crippen LogP contribution in [0.4, 0.5) is 0 Å². The Labute approximate surface area is 213 Å². The predicted molar refractivity (Wildman–Crippen MR) is 153 cm³/mol. The summed E-state index contributed by atoms with van der Waals surface area (Å²) in [6, 6.07) is 25.7. The molecule has 0 aliphatic heterocycles. The summed E-state index contributed by atoms with van der Waals surface area (Å²) in [5.74, 6) is 0.700. The van der Waals surface area contributed by atoms with E-state index in [-0.39, 0.29) is 0 Å². The Morgan fingerprint density at radius 2 is 1.72 bits per heavy atom. The maximum atomic E-state index is 5.04. The molecule has 5 aromatic rings. The fraction of sp³-hybridized carbons (Fsp3) is 0.212. The monoisotopic (exact) mass is 471 g/mol. The molecule has 5 rings (SSSR count). The Hall–Kier alpha value is -3.98. The Bertz CT molecular complexity index is 1570. The van der Waals surface area contributed by atoms with Crippen molar-refractivity contribution in [3.05, 3.63) is 108 Å². The Kier molecular flexibility index (Phi) is 6.81. The summed E-state index contributed by atoms with van der Waals surface area (Å²) in [5, 5.41) is 2.53. The lowest BCUT2D eigenvalue weighted by molar-refractivity contribution is 0.572. The van der Waals surface area contributed by atoms with Gasteiger partial charge in [-0.1, -0.05) is 74.4 Å². The molecule has 2 aromatic carbocycles. The van der Waals surface area contributed by atoms with Crippen molar-refractivity contribution in [1.82, 2.24) is 14.5 Å². The van der Waals surface area contributed by atoms with Gasteiger partial charge >= 0.3 is 0 Å². The number of fused-ring (bicyclic) bond motifs is 3. The lowest BCUT2D eigenvalue weighted by Crippen LogP contribution is -2.00. The second-order valence-electron chi connectivity index (χ2n) is 9.71. The van der Waals surface area contributed by atoms with Crippen LogP contribution in [0.25, 0.3) is 44.5 Å². The highest BCUT2D eigenvalue weighted by Gasteiger charge is 2.15. The average molecular weight is 472 g/mol. The van der Waals surface area contributed by atoms with E-state index in [1.54, 1.807) is 0 Å². The van der Waals surface area contributed by atoms with Crippen molar-refractivity contribution in [1.29, 1.82) is 0 Å². The van der Waals surface area contributed by atoms with Crippen LogP contribution >= 0.6 is 0 Å². The SMILES string of the molecule is CCC(C)C/C=C\C=C(/C)c1cc(-n2c3ccccc3c3cc(C)ccc32)cc(-c2ccccn2)n1. The number of hydrogen-bond donors (Lipinski definition) is 0. The Morgan fingerprint density at radius 3 is 2.53 bits per heavy atom. The van der Waals surface area contributed by atoms with Gasteiger partial charge in [-0.15, -0.1) is 0 Å². The van der Waals surface area contributed by atoms with Crippen LogP contribution in [0.15, 0.2) is 97.2 Å². The van der Waals surface area contributed by atoms with Crippen LogP contribution in [-0.4, -0.2) is 14.5 Å². The molecule has 0 spiro atoms. The number of pyridine rings is 2. The molecular weight excluding hydrogens is 438 g/mol. The maximum Gasteiger partial charge on any atom is 0.0914 e. The van der Waals surface area contributed by atoms with Crippen molar-refractivity contribution in [2.24, 2.45) is 5.92 Å². The van der Waals surface area contributed by atoms with Gasteiger partial charge in [-0.05, 0) is 74.2 Å². The van der Waals surface area contributed by atoms with E-state index >= 15 is 0 Å². The van der Waals surface area contributed by atoms with E-state index in [0.717, 1.165) is 34.8 Å². The second-order valence-corrected chi connectivity index (χ2v) is 9.71. The highest BCUT2D eigenvalue weighted by Crippen LogP contribution is 2.34. The smallest absolute Gasteiger partial charge is 0.0914 e. The third-order valence-electron chi connectivity index (χ3n) is 6.95. The number of nitrogens with zero attached hydrogens (tertiary/aromatic N) is 3. The molecule has 0 saturated heterocycles. The number of para-hydroxylation sites is 1. The highest BCUT2D eigenvalue weighted by atomic mass is 15.0. The summed E-state index contributed by atoms with van der Waals surface area (Å²) in [7, 11) is 0. The van der Waals surface area contributed by atoms with Gasteiger partial charge in [-0.3, -0.25) is 4.98 Å². The minimum absolute atomic E-state index is 0.700. The molecule has 1 atom stereocenters. The van der Waals surface area contributed by atoms with Gasteiger partial charge in [0.05, 0.1) is 33.8 Å². The lowest BCUT2D eigenvalue weighted by atomic mass is 10.0. The summed E-state index contributed by atoms with van der Waals surface area (Å²) in [4.78, 5) is 9.65. The minimum Gasteiger partial charge on any atom is -0.309 e. The first-order valence-electron chi connectivity index (χ1n) is 12.8. The number of aryl methyl sites for hydroxylation is 1. The van der Waals surface area contributed by atoms with Crippen LogP contribution in [0.2, 0.25) is 0 Å². The first-order chi connectivity index (χ1) is 17.5. The average Bonchev–Trinajstić information content (AvgIpc) is 3.24. The third-order valence-corrected chi connectivity index (χ3v) is 6.95. The van der Waals surface area contributed by atoms with E-state index in [1.807, 2.05) is 24.4 Å². The molecule has 1 unspecified atom stereocenters. The maximum absolute atomic E-state index is 5.04. The number of hydrogen-bond acceptors (Lipinski definition) is 2. The van der Waals surface area contributed by atoms with Gasteiger partial charge < -0.3 is 4.57 Å². The van der Waals surface area contributed by atoms with Gasteiger partial charge in [0.2, 0.25) is 0 Å². The minimum atomic E-state index is 0.700. The first-order valence-corrected chi connectivity index (χ1v) is 12.8. The van der Waals surface area contributed by atoms with Crippen LogP contribution in [0.1, 0.15) is 44.9 Å². The molecule has 0 aliphatic rings. The molecule has 36 heavy (non-hydrogen) atoms. The molecule has 0 N–H and O–H groups in total. The molecule has 0 saturated carbocycles. The molecule has 3 heterocycles. The van der Waals surface area contributed by atoms with Crippen molar-refractivity contribution in [2.45, 2.75) is 40.5 Å². The zero-order valence-corrected chi connectivity index (χ0v) is 21.6. The van der Waals surface area contributed by atoms with Crippen molar-refractivity contribution in [3.63, 3.8) is 0 Å². The molecule has 0 bridgehead atoms. The zero-order chi connectivity index (χ0) is 25.1. The van der Waals surface area contributed by atoms with Crippen molar-refractivity contribution in [2.75, 3.05) is 0 Å². The quantitative estimate of drug-likeness (QED) is 0.222. The standard InChI is InChI=1S/C33H33N3/c1-5-23(2)12-6-7-13-25(4)30-21-26(22-31(35-30)29-15-10-11-19-34-29)36-32-16-9-8-14-27(32)28-20-24(3)17-18-33(28)36/h6-11,13-23H,5,12H2,1-4H3/b7-6-,25-13+. The molecule has 0 aliphatic carbocycles. The van der Waals surface area contributed by atoms with Crippen molar-refractivity contribution < 1.29 is 0 Å². The van der Waals surface area contributed by atoms with Crippen molar-refractivity contribution >= 4 is 27.4 Å². The summed E-state index contributed by atoms with van der Waals surface area (Å²) in [5.41, 5.74) is 8.57. The largest absolute Gasteiger partial charge is 0.309 e. The van der Waals surface area contributed by atoms with E-state index in [4.69, 9.17) is 4.98 Å². The topological polar surface area (TPSA) is 30.7 Å². The fourth-order valence-corrected chi connectivity index (χ4v) is 4.63. The van der Waals surface area contributed by atoms with Crippen molar-refractivity contribution in [3.8, 4) is 17.1 Å². The molecule has 0 radical (unpaired) electrons. The summed E-state index contributed by atoms with van der Waals surface area (Å²) < 4.78 is 2.35. The number of benzene rings is 2. The van der Waals surface area contributed by atoms with E-state index < -0.39 is 0 Å². The first kappa shape index (κ1) is 23.7. The lowest BCUT2D eigenvalue weighted by Gasteiger charge is -2.13. The predicted octanol–water partition coefficient (Wildman–Crippen LogP) is 8.94. The van der Waals surface area contributed by atoms with Crippen LogP contribution in [0.5, 0.6) is 0 Å². The second kappa shape index (κ2) is 10.3. The van der Waals surface area contributed by atoms with E-state index in [1.165, 1.54) is 33.8 Å². The molecule has 3 nitrogen and oxygen atoms in total. The summed E-state index contributed by atoms with van der Waals surface area (Å²) in [6.07, 6.45) is 10.7. The third kappa shape index (κ3) is 4.74. The van der Waals surface area contributed by atoms with Crippen LogP contribution in [0, 0.1) is 12.8 Å². The van der Waals surface area contributed by atoms with Gasteiger partial charge in [-0.2, -0.15) is 0 Å². The molecule has 0 amide bonds. The fourth-order valence-electron chi connectivity index (χ4n) is 4.63. The van der Waals surface area contributed by atoms with E-state index in [2.05, 4.69) is 110 Å². The molecule has 0 fully saturated rings. The van der Waals surface area contributed by atoms with Crippen LogP contribution < -0.4 is 0 Å². The molecule has 3 heteroatoms. The Balaban J connectivity index is 1.70. The highest BCUT2D eigenvalue weighted by molar-refractivity contribution is 6.09. The Morgan fingerprint density at radius 1 is 0.917 bits per heavy atom. The van der Waals surface area contributed by atoms with E-state index in [9.17, 15) is 0 Å². The van der Waals surface area contributed by atoms with E-state index in [0.29, 0.717) is 5.92 Å². The van der Waals surface area contributed by atoms with Gasteiger partial charge in [0.15, 0.2) is 0 Å². The molecule has 3 aromatic heterocycles. The van der Waals surface area contributed by atoms with Crippen LogP contribution in [-0.2, 0) is 0 Å². The van der Waals surface area contributed by atoms with Gasteiger partial charge in [0.25, 0.3) is 0 Å². The van der Waals surface area contributed by atoms with Crippen LogP contribution in [0.3, 0.4) is 0 Å². The van der Waals surface area contributed by atoms with Gasteiger partial charge in [-0.25, -0.2) is 4.98 Å². The normalized spacial score (nSPS) is 13.2. The van der Waals surface area contributed by atoms with Gasteiger partial charge in [0.1, 0.15) is 0 Å². The zero-order valence-electron chi connectivity index (χ0n) is 21.6. The summed E-state index contributed by atoms with van der Waals surface area (Å²) >= 11 is 0. The molecular formula is C33H33N3. The number of aromatic nitrogens is 3. The molecule has 180 valence electrons. The van der Waals surface area contributed by atoms with Gasteiger partial charge in [0, 0.05) is 17.0 Å². The number of allylic oxidation sites excluding steroid dienone is 4. The summed E-state index contributed by atoms with van der Waals surface area (Å²) in [6.45, 7) is 8.82.